The van der Waals surface area contributed by atoms with Crippen molar-refractivity contribution in [2.24, 2.45) is 12.8 Å². The highest BCUT2D eigenvalue weighted by atomic mass is 15.0. The van der Waals surface area contributed by atoms with Crippen LogP contribution in [0.15, 0.2) is 12.1 Å². The predicted octanol–water partition coefficient (Wildman–Crippen LogP) is 3.17. The molecule has 0 saturated heterocycles. The van der Waals surface area contributed by atoms with E-state index >= 15 is 0 Å². The summed E-state index contributed by atoms with van der Waals surface area (Å²) < 4.78 is 2.32. The first kappa shape index (κ1) is 12.2. The van der Waals surface area contributed by atoms with Crippen molar-refractivity contribution < 1.29 is 0 Å². The molecule has 2 nitrogen and oxygen atoms in total. The van der Waals surface area contributed by atoms with Crippen molar-refractivity contribution in [3.05, 3.63) is 34.5 Å². The summed E-state index contributed by atoms with van der Waals surface area (Å²) >= 11 is 0. The quantitative estimate of drug-likeness (QED) is 0.844. The van der Waals surface area contributed by atoms with Crippen LogP contribution in [0, 0.1) is 20.8 Å². The van der Waals surface area contributed by atoms with Crippen molar-refractivity contribution in [1.82, 2.24) is 4.57 Å². The maximum atomic E-state index is 5.82. The number of rotatable bonds is 2. The summed E-state index contributed by atoms with van der Waals surface area (Å²) in [6.07, 6.45) is 0. The van der Waals surface area contributed by atoms with Gasteiger partial charge in [-0.05, 0) is 37.5 Å². The number of aromatic nitrogens is 1. The van der Waals surface area contributed by atoms with Gasteiger partial charge in [-0.1, -0.05) is 19.1 Å². The monoisotopic (exact) mass is 230 g/mol. The highest BCUT2D eigenvalue weighted by Gasteiger charge is 2.17. The van der Waals surface area contributed by atoms with Crippen molar-refractivity contribution in [2.75, 3.05) is 6.54 Å². The molecule has 0 aliphatic carbocycles. The molecule has 2 heteroatoms. The van der Waals surface area contributed by atoms with Crippen molar-refractivity contribution in [3.8, 4) is 0 Å². The lowest BCUT2D eigenvalue weighted by molar-refractivity contribution is 0.697. The fourth-order valence-corrected chi connectivity index (χ4v) is 2.86. The van der Waals surface area contributed by atoms with Crippen molar-refractivity contribution in [3.63, 3.8) is 0 Å². The van der Waals surface area contributed by atoms with Crippen LogP contribution in [0.2, 0.25) is 0 Å². The van der Waals surface area contributed by atoms with Gasteiger partial charge in [-0.3, -0.25) is 0 Å². The SMILES string of the molecule is Cc1ccc2c(C)c(C(C)CN)n(C)c2c1C. The van der Waals surface area contributed by atoms with Gasteiger partial charge in [0, 0.05) is 30.6 Å². The fourth-order valence-electron chi connectivity index (χ4n) is 2.86. The van der Waals surface area contributed by atoms with Crippen molar-refractivity contribution in [2.45, 2.75) is 33.6 Å². The van der Waals surface area contributed by atoms with Crippen molar-refractivity contribution >= 4 is 10.9 Å². The molecular formula is C15H22N2. The van der Waals surface area contributed by atoms with Crippen LogP contribution in [0.5, 0.6) is 0 Å². The number of benzene rings is 1. The lowest BCUT2D eigenvalue weighted by Gasteiger charge is -2.12. The molecule has 0 spiro atoms. The van der Waals surface area contributed by atoms with E-state index in [1.807, 2.05) is 0 Å². The molecule has 92 valence electrons. The normalized spacial score (nSPS) is 13.3. The van der Waals surface area contributed by atoms with Crippen LogP contribution < -0.4 is 5.73 Å². The average Bonchev–Trinajstić information content (AvgIpc) is 2.56. The molecule has 0 saturated carbocycles. The Kier molecular flexibility index (Phi) is 3.00. The van der Waals surface area contributed by atoms with Gasteiger partial charge in [0.15, 0.2) is 0 Å². The summed E-state index contributed by atoms with van der Waals surface area (Å²) in [4.78, 5) is 0. The van der Waals surface area contributed by atoms with Crippen LogP contribution in [0.3, 0.4) is 0 Å². The highest BCUT2D eigenvalue weighted by molar-refractivity contribution is 5.89. The van der Waals surface area contributed by atoms with Crippen molar-refractivity contribution in [1.29, 1.82) is 0 Å². The molecule has 1 aromatic carbocycles. The average molecular weight is 230 g/mol. The molecule has 0 bridgehead atoms. The largest absolute Gasteiger partial charge is 0.347 e. The second kappa shape index (κ2) is 4.19. The zero-order valence-electron chi connectivity index (χ0n) is 11.5. The first-order chi connectivity index (χ1) is 7.99. The summed E-state index contributed by atoms with van der Waals surface area (Å²) in [5, 5.41) is 1.37. The van der Waals surface area contributed by atoms with Gasteiger partial charge in [-0.25, -0.2) is 0 Å². The van der Waals surface area contributed by atoms with E-state index < -0.39 is 0 Å². The molecule has 2 N–H and O–H groups in total. The van der Waals surface area contributed by atoms with Gasteiger partial charge in [0.2, 0.25) is 0 Å². The van der Waals surface area contributed by atoms with E-state index in [4.69, 9.17) is 5.73 Å². The number of nitrogens with zero attached hydrogens (tertiary/aromatic N) is 1. The Bertz CT molecular complexity index is 564. The van der Waals surface area contributed by atoms with Gasteiger partial charge in [0.05, 0.1) is 5.52 Å². The second-order valence-electron chi connectivity index (χ2n) is 5.11. The zero-order chi connectivity index (χ0) is 12.7. The molecule has 0 radical (unpaired) electrons. The van der Waals surface area contributed by atoms with Gasteiger partial charge >= 0.3 is 0 Å². The number of hydrogen-bond acceptors (Lipinski definition) is 1. The van der Waals surface area contributed by atoms with E-state index in [1.54, 1.807) is 0 Å². The third kappa shape index (κ3) is 1.67. The minimum absolute atomic E-state index is 0.409. The molecule has 1 heterocycles. The number of aryl methyl sites for hydroxylation is 4. The zero-order valence-corrected chi connectivity index (χ0v) is 11.5. The molecule has 0 amide bonds. The predicted molar refractivity (Wildman–Crippen MR) is 74.6 cm³/mol. The lowest BCUT2D eigenvalue weighted by Crippen LogP contribution is -2.13. The van der Waals surface area contributed by atoms with E-state index in [9.17, 15) is 0 Å². The molecule has 0 aliphatic rings. The van der Waals surface area contributed by atoms with Crippen LogP contribution >= 0.6 is 0 Å². The van der Waals surface area contributed by atoms with Gasteiger partial charge in [0.1, 0.15) is 0 Å². The Morgan fingerprint density at radius 2 is 1.82 bits per heavy atom. The summed E-state index contributed by atoms with van der Waals surface area (Å²) in [6, 6.07) is 4.45. The smallest absolute Gasteiger partial charge is 0.0515 e. The second-order valence-corrected chi connectivity index (χ2v) is 5.11. The number of nitrogens with two attached hydrogens (primary N) is 1. The third-order valence-corrected chi connectivity index (χ3v) is 4.01. The van der Waals surface area contributed by atoms with E-state index in [-0.39, 0.29) is 0 Å². The Balaban J connectivity index is 2.85. The maximum absolute atomic E-state index is 5.82. The maximum Gasteiger partial charge on any atom is 0.0515 e. The topological polar surface area (TPSA) is 30.9 Å². The Morgan fingerprint density at radius 3 is 2.41 bits per heavy atom. The van der Waals surface area contributed by atoms with Crippen LogP contribution in [0.1, 0.15) is 35.2 Å². The highest BCUT2D eigenvalue weighted by Crippen LogP contribution is 2.32. The number of hydrogen-bond donors (Lipinski definition) is 1. The minimum Gasteiger partial charge on any atom is -0.347 e. The third-order valence-electron chi connectivity index (χ3n) is 4.01. The van der Waals surface area contributed by atoms with Gasteiger partial charge in [-0.15, -0.1) is 0 Å². The van der Waals surface area contributed by atoms with Gasteiger partial charge in [0.25, 0.3) is 0 Å². The first-order valence-electron chi connectivity index (χ1n) is 6.24. The molecule has 0 fully saturated rings. The molecule has 1 atom stereocenters. The molecule has 17 heavy (non-hydrogen) atoms. The molecule has 1 aromatic heterocycles. The Hall–Kier alpha value is -1.28. The molecule has 0 aliphatic heterocycles. The Morgan fingerprint density at radius 1 is 1.18 bits per heavy atom. The Labute approximate surface area is 103 Å². The molecule has 2 rings (SSSR count). The van der Waals surface area contributed by atoms with E-state index in [1.165, 1.54) is 33.3 Å². The first-order valence-corrected chi connectivity index (χ1v) is 6.24. The lowest BCUT2D eigenvalue weighted by atomic mass is 10.0. The molecule has 2 aromatic rings. The number of fused-ring (bicyclic) bond motifs is 1. The summed E-state index contributed by atoms with van der Waals surface area (Å²) in [7, 11) is 2.16. The standard InChI is InChI=1S/C15H22N2/c1-9-6-7-13-12(4)14(10(2)8-16)17(5)15(13)11(9)3/h6-7,10H,8,16H2,1-5H3. The van der Waals surface area contributed by atoms with Gasteiger partial charge < -0.3 is 10.3 Å². The van der Waals surface area contributed by atoms with Crippen LogP contribution in [-0.4, -0.2) is 11.1 Å². The van der Waals surface area contributed by atoms with Crippen LogP contribution in [0.25, 0.3) is 10.9 Å². The fraction of sp³-hybridized carbons (Fsp3) is 0.467. The molecule has 1 unspecified atom stereocenters. The summed E-state index contributed by atoms with van der Waals surface area (Å²) in [5.74, 6) is 0.409. The summed E-state index contributed by atoms with van der Waals surface area (Å²) in [6.45, 7) is 9.47. The molecular weight excluding hydrogens is 208 g/mol. The minimum atomic E-state index is 0.409. The van der Waals surface area contributed by atoms with E-state index in [0.717, 1.165) is 0 Å². The van der Waals surface area contributed by atoms with Crippen LogP contribution in [0.4, 0.5) is 0 Å². The van der Waals surface area contributed by atoms with Gasteiger partial charge in [-0.2, -0.15) is 0 Å². The van der Waals surface area contributed by atoms with Crippen LogP contribution in [-0.2, 0) is 7.05 Å². The van der Waals surface area contributed by atoms with E-state index in [0.29, 0.717) is 12.5 Å². The summed E-state index contributed by atoms with van der Waals surface area (Å²) in [5.41, 5.74) is 12.7. The van der Waals surface area contributed by atoms with E-state index in [2.05, 4.69) is 51.4 Å².